The Morgan fingerprint density at radius 3 is 2.11 bits per heavy atom. The highest BCUT2D eigenvalue weighted by atomic mass is 28.4. The zero-order valence-electron chi connectivity index (χ0n) is 13.1. The van der Waals surface area contributed by atoms with Gasteiger partial charge in [0.15, 0.2) is 8.32 Å². The van der Waals surface area contributed by atoms with Gasteiger partial charge in [-0.15, -0.1) is 0 Å². The van der Waals surface area contributed by atoms with Crippen molar-refractivity contribution in [1.82, 2.24) is 5.32 Å². The maximum absolute atomic E-state index is 11.5. The van der Waals surface area contributed by atoms with Crippen molar-refractivity contribution in [3.8, 4) is 0 Å². The molecule has 0 bridgehead atoms. The molecule has 1 unspecified atom stereocenters. The summed E-state index contributed by atoms with van der Waals surface area (Å²) in [6, 6.07) is 0. The first-order chi connectivity index (χ1) is 8.53. The zero-order valence-corrected chi connectivity index (χ0v) is 14.1. The largest absolute Gasteiger partial charge is 0.469 e. The van der Waals surface area contributed by atoms with Gasteiger partial charge in [0.1, 0.15) is 0 Å². The first kappa shape index (κ1) is 18.1. The molecule has 112 valence electrons. The standard InChI is InChI=1S/C13H27NO4Si/c1-13(2,3)19(6,7)18-10(8-11(15)14-4)9-12(16)17-5/h10H,8-9H2,1-7H3,(H,14,15). The summed E-state index contributed by atoms with van der Waals surface area (Å²) in [6.45, 7) is 10.6. The third-order valence-electron chi connectivity index (χ3n) is 3.58. The number of ether oxygens (including phenoxy) is 1. The maximum atomic E-state index is 11.5. The van der Waals surface area contributed by atoms with Gasteiger partial charge in [-0.25, -0.2) is 0 Å². The first-order valence-corrected chi connectivity index (χ1v) is 9.39. The number of hydrogen-bond donors (Lipinski definition) is 1. The Kier molecular flexibility index (Phi) is 6.72. The summed E-state index contributed by atoms with van der Waals surface area (Å²) >= 11 is 0. The topological polar surface area (TPSA) is 64.6 Å². The van der Waals surface area contributed by atoms with Gasteiger partial charge in [0.05, 0.1) is 26.1 Å². The van der Waals surface area contributed by atoms with Crippen LogP contribution in [0.3, 0.4) is 0 Å². The van der Waals surface area contributed by atoms with Crippen LogP contribution in [0, 0.1) is 0 Å². The normalized spacial score (nSPS) is 13.8. The van der Waals surface area contributed by atoms with Crippen molar-refractivity contribution in [2.24, 2.45) is 0 Å². The quantitative estimate of drug-likeness (QED) is 0.600. The Hall–Kier alpha value is -0.883. The van der Waals surface area contributed by atoms with Crippen LogP contribution in [0.5, 0.6) is 0 Å². The van der Waals surface area contributed by atoms with Gasteiger partial charge in [-0.3, -0.25) is 9.59 Å². The van der Waals surface area contributed by atoms with Crippen molar-refractivity contribution in [1.29, 1.82) is 0 Å². The molecular weight excluding hydrogens is 262 g/mol. The Bertz CT molecular complexity index is 305. The van der Waals surface area contributed by atoms with Crippen LogP contribution in [0.25, 0.3) is 0 Å². The lowest BCUT2D eigenvalue weighted by atomic mass is 10.2. The Morgan fingerprint density at radius 1 is 1.21 bits per heavy atom. The van der Waals surface area contributed by atoms with Crippen LogP contribution >= 0.6 is 0 Å². The summed E-state index contributed by atoms with van der Waals surface area (Å²) in [4.78, 5) is 22.9. The molecule has 0 radical (unpaired) electrons. The van der Waals surface area contributed by atoms with Gasteiger partial charge in [0.25, 0.3) is 0 Å². The molecule has 0 saturated carbocycles. The number of carbonyl (C=O) groups is 2. The molecule has 19 heavy (non-hydrogen) atoms. The molecule has 0 aromatic rings. The monoisotopic (exact) mass is 289 g/mol. The van der Waals surface area contributed by atoms with Crippen LogP contribution in [-0.4, -0.2) is 40.5 Å². The lowest BCUT2D eigenvalue weighted by Gasteiger charge is -2.39. The second kappa shape index (κ2) is 7.05. The average Bonchev–Trinajstić information content (AvgIpc) is 2.26. The van der Waals surface area contributed by atoms with Crippen LogP contribution in [0.4, 0.5) is 0 Å². The summed E-state index contributed by atoms with van der Waals surface area (Å²) < 4.78 is 10.8. The van der Waals surface area contributed by atoms with Crippen molar-refractivity contribution >= 4 is 20.2 Å². The predicted octanol–water partition coefficient (Wildman–Crippen LogP) is 2.08. The zero-order chi connectivity index (χ0) is 15.3. The fourth-order valence-electron chi connectivity index (χ4n) is 1.33. The minimum atomic E-state index is -2.01. The van der Waals surface area contributed by atoms with Crippen LogP contribution < -0.4 is 5.32 Å². The molecule has 0 rings (SSSR count). The number of carbonyl (C=O) groups excluding carboxylic acids is 2. The van der Waals surface area contributed by atoms with Gasteiger partial charge >= 0.3 is 5.97 Å². The van der Waals surface area contributed by atoms with Crippen LogP contribution in [0.15, 0.2) is 0 Å². The van der Waals surface area contributed by atoms with E-state index in [1.807, 2.05) is 0 Å². The van der Waals surface area contributed by atoms with Gasteiger partial charge in [-0.05, 0) is 18.1 Å². The van der Waals surface area contributed by atoms with Crippen molar-refractivity contribution in [2.45, 2.75) is 57.8 Å². The fourth-order valence-corrected chi connectivity index (χ4v) is 2.68. The Balaban J connectivity index is 4.84. The molecule has 1 amide bonds. The molecule has 0 saturated heterocycles. The molecule has 1 atom stereocenters. The third-order valence-corrected chi connectivity index (χ3v) is 8.12. The minimum absolute atomic E-state index is 0.0318. The van der Waals surface area contributed by atoms with Crippen molar-refractivity contribution < 1.29 is 18.8 Å². The van der Waals surface area contributed by atoms with Gasteiger partial charge in [0, 0.05) is 7.05 Å². The number of hydrogen-bond acceptors (Lipinski definition) is 4. The smallest absolute Gasteiger partial charge is 0.308 e. The number of nitrogens with one attached hydrogen (secondary N) is 1. The van der Waals surface area contributed by atoms with Crippen LogP contribution in [0.1, 0.15) is 33.6 Å². The fraction of sp³-hybridized carbons (Fsp3) is 0.846. The first-order valence-electron chi connectivity index (χ1n) is 6.48. The van der Waals surface area contributed by atoms with E-state index in [1.54, 1.807) is 7.05 Å². The molecule has 1 N–H and O–H groups in total. The molecule has 0 heterocycles. The second-order valence-electron chi connectivity index (χ2n) is 6.16. The van der Waals surface area contributed by atoms with E-state index in [1.165, 1.54) is 7.11 Å². The molecule has 6 heteroatoms. The van der Waals surface area contributed by atoms with Crippen LogP contribution in [-0.2, 0) is 18.8 Å². The molecule has 0 spiro atoms. The number of esters is 1. The molecule has 0 aromatic heterocycles. The molecule has 0 aromatic carbocycles. The van der Waals surface area contributed by atoms with Crippen LogP contribution in [0.2, 0.25) is 18.1 Å². The van der Waals surface area contributed by atoms with E-state index in [0.717, 1.165) is 0 Å². The van der Waals surface area contributed by atoms with Gasteiger partial charge in [-0.1, -0.05) is 20.8 Å². The van der Waals surface area contributed by atoms with Gasteiger partial charge in [0.2, 0.25) is 5.91 Å². The highest BCUT2D eigenvalue weighted by molar-refractivity contribution is 6.74. The molecule has 0 aliphatic rings. The van der Waals surface area contributed by atoms with E-state index in [2.05, 4.69) is 43.9 Å². The highest BCUT2D eigenvalue weighted by Crippen LogP contribution is 2.38. The predicted molar refractivity (Wildman–Crippen MR) is 77.4 cm³/mol. The van der Waals surface area contributed by atoms with Gasteiger partial charge in [-0.2, -0.15) is 0 Å². The van der Waals surface area contributed by atoms with E-state index in [9.17, 15) is 9.59 Å². The molecule has 0 aliphatic carbocycles. The molecule has 5 nitrogen and oxygen atoms in total. The third kappa shape index (κ3) is 6.20. The number of rotatable bonds is 6. The SMILES string of the molecule is CNC(=O)CC(CC(=O)OC)O[Si](C)(C)C(C)(C)C. The highest BCUT2D eigenvalue weighted by Gasteiger charge is 2.39. The number of amides is 1. The minimum Gasteiger partial charge on any atom is -0.469 e. The van der Waals surface area contributed by atoms with Crippen molar-refractivity contribution in [3.05, 3.63) is 0 Å². The molecular formula is C13H27NO4Si. The number of methoxy groups -OCH3 is 1. The lowest BCUT2D eigenvalue weighted by Crippen LogP contribution is -2.45. The second-order valence-corrected chi connectivity index (χ2v) is 10.9. The Morgan fingerprint density at radius 2 is 1.74 bits per heavy atom. The summed E-state index contributed by atoms with van der Waals surface area (Å²) in [5, 5.41) is 2.59. The summed E-state index contributed by atoms with van der Waals surface area (Å²) in [5.41, 5.74) is 0. The van der Waals surface area contributed by atoms with Gasteiger partial charge < -0.3 is 14.5 Å². The van der Waals surface area contributed by atoms with Crippen molar-refractivity contribution in [3.63, 3.8) is 0 Å². The average molecular weight is 289 g/mol. The lowest BCUT2D eigenvalue weighted by molar-refractivity contribution is -0.142. The van der Waals surface area contributed by atoms with E-state index in [0.29, 0.717) is 0 Å². The van der Waals surface area contributed by atoms with E-state index < -0.39 is 14.4 Å². The summed E-state index contributed by atoms with van der Waals surface area (Å²) in [7, 11) is 0.897. The molecule has 0 fully saturated rings. The maximum Gasteiger partial charge on any atom is 0.308 e. The van der Waals surface area contributed by atoms with E-state index >= 15 is 0 Å². The Labute approximate surface area is 117 Å². The summed E-state index contributed by atoms with van der Waals surface area (Å²) in [5.74, 6) is -0.486. The van der Waals surface area contributed by atoms with Crippen molar-refractivity contribution in [2.75, 3.05) is 14.2 Å². The van der Waals surface area contributed by atoms with E-state index in [4.69, 9.17) is 4.43 Å². The summed E-state index contributed by atoms with van der Waals surface area (Å²) in [6.07, 6.45) is -0.137. The van der Waals surface area contributed by atoms with E-state index in [-0.39, 0.29) is 29.8 Å². The molecule has 0 aliphatic heterocycles.